The van der Waals surface area contributed by atoms with Gasteiger partial charge >= 0.3 is 11.9 Å². The van der Waals surface area contributed by atoms with Crippen molar-refractivity contribution in [2.24, 2.45) is 11.1 Å². The maximum atomic E-state index is 11.8. The molecule has 0 unspecified atom stereocenters. The molecule has 0 amide bonds. The van der Waals surface area contributed by atoms with Gasteiger partial charge in [0, 0.05) is 0 Å². The zero-order valence-electron chi connectivity index (χ0n) is 10.4. The van der Waals surface area contributed by atoms with Gasteiger partial charge in [-0.05, 0) is 47.1 Å². The number of rotatable bonds is 5. The first kappa shape index (κ1) is 14.9. The molecule has 0 rings (SSSR count). The van der Waals surface area contributed by atoms with E-state index in [2.05, 4.69) is 0 Å². The number of aliphatic carboxylic acids is 1. The average Bonchev–Trinajstić information content (AvgIpc) is 2.10. The molecule has 0 aliphatic rings. The van der Waals surface area contributed by atoms with Crippen LogP contribution in [0.5, 0.6) is 0 Å². The van der Waals surface area contributed by atoms with Crippen LogP contribution >= 0.6 is 0 Å². The maximum absolute atomic E-state index is 11.8. The molecule has 0 aliphatic carbocycles. The summed E-state index contributed by atoms with van der Waals surface area (Å²) in [6, 6.07) is 0. The van der Waals surface area contributed by atoms with Crippen molar-refractivity contribution >= 4 is 11.9 Å². The van der Waals surface area contributed by atoms with E-state index >= 15 is 0 Å². The normalized spacial score (nSPS) is 15.3. The van der Waals surface area contributed by atoms with Gasteiger partial charge < -0.3 is 15.6 Å². The van der Waals surface area contributed by atoms with Gasteiger partial charge in [0.2, 0.25) is 0 Å². The number of esters is 1. The van der Waals surface area contributed by atoms with E-state index < -0.39 is 23.0 Å². The van der Waals surface area contributed by atoms with Gasteiger partial charge in [-0.3, -0.25) is 9.59 Å². The van der Waals surface area contributed by atoms with Crippen molar-refractivity contribution in [2.45, 2.75) is 46.1 Å². The van der Waals surface area contributed by atoms with Crippen LogP contribution in [0, 0.1) is 5.41 Å². The summed E-state index contributed by atoms with van der Waals surface area (Å²) in [4.78, 5) is 22.9. The molecular formula is C11H21NO4. The third kappa shape index (κ3) is 4.18. The monoisotopic (exact) mass is 231 g/mol. The molecular weight excluding hydrogens is 210 g/mol. The lowest BCUT2D eigenvalue weighted by molar-refractivity contribution is -0.176. The Kier molecular flexibility index (Phi) is 4.93. The van der Waals surface area contributed by atoms with Gasteiger partial charge in [-0.15, -0.1) is 0 Å². The molecule has 16 heavy (non-hydrogen) atoms. The Bertz CT molecular complexity index is 270. The summed E-state index contributed by atoms with van der Waals surface area (Å²) in [5, 5.41) is 9.08. The van der Waals surface area contributed by atoms with Crippen LogP contribution in [0.2, 0.25) is 0 Å². The molecule has 0 saturated heterocycles. The summed E-state index contributed by atoms with van der Waals surface area (Å²) in [6.07, 6.45) is 0.662. The fourth-order valence-electron chi connectivity index (χ4n) is 1.14. The van der Waals surface area contributed by atoms with Gasteiger partial charge in [0.1, 0.15) is 5.60 Å². The molecule has 0 aromatic rings. The van der Waals surface area contributed by atoms with Crippen LogP contribution in [0.15, 0.2) is 0 Å². The number of carbonyl (C=O) groups excluding carboxylic acids is 1. The Labute approximate surface area is 96.0 Å². The summed E-state index contributed by atoms with van der Waals surface area (Å²) in [5.41, 5.74) is 3.13. The fourth-order valence-corrected chi connectivity index (χ4v) is 1.14. The van der Waals surface area contributed by atoms with Crippen LogP contribution in [0.4, 0.5) is 0 Å². The number of carboxylic acid groups (broad SMARTS) is 1. The standard InChI is InChI=1S/C11H21NO4/c1-10(2,3)16-9(15)11(4,8(13)14)6-5-7-12/h5-7,12H2,1-4H3,(H,13,14)/t11-/m0/s1. The Hall–Kier alpha value is -1.10. The molecule has 0 aliphatic heterocycles. The quantitative estimate of drug-likeness (QED) is 0.547. The number of hydrogen-bond acceptors (Lipinski definition) is 4. The lowest BCUT2D eigenvalue weighted by Crippen LogP contribution is -2.41. The van der Waals surface area contributed by atoms with E-state index in [9.17, 15) is 9.59 Å². The molecule has 94 valence electrons. The highest BCUT2D eigenvalue weighted by Crippen LogP contribution is 2.27. The lowest BCUT2D eigenvalue weighted by atomic mass is 9.85. The summed E-state index contributed by atoms with van der Waals surface area (Å²) in [6.45, 7) is 6.84. The number of ether oxygens (including phenoxy) is 1. The topological polar surface area (TPSA) is 89.6 Å². The zero-order chi connectivity index (χ0) is 13.0. The van der Waals surface area contributed by atoms with Gasteiger partial charge in [-0.25, -0.2) is 0 Å². The first-order valence-corrected chi connectivity index (χ1v) is 5.30. The van der Waals surface area contributed by atoms with E-state index in [1.165, 1.54) is 6.92 Å². The van der Waals surface area contributed by atoms with Crippen LogP contribution in [0.1, 0.15) is 40.5 Å². The van der Waals surface area contributed by atoms with E-state index in [0.29, 0.717) is 13.0 Å². The van der Waals surface area contributed by atoms with Crippen LogP contribution in [-0.4, -0.2) is 29.2 Å². The Balaban J connectivity index is 4.77. The van der Waals surface area contributed by atoms with Gasteiger partial charge in [0.05, 0.1) is 0 Å². The minimum Gasteiger partial charge on any atom is -0.480 e. The van der Waals surface area contributed by atoms with Crippen molar-refractivity contribution in [3.63, 3.8) is 0 Å². The number of hydrogen-bond donors (Lipinski definition) is 2. The third-order valence-electron chi connectivity index (χ3n) is 2.20. The highest BCUT2D eigenvalue weighted by atomic mass is 16.6. The fraction of sp³-hybridized carbons (Fsp3) is 0.818. The van der Waals surface area contributed by atoms with Crippen LogP contribution in [0.25, 0.3) is 0 Å². The molecule has 1 atom stereocenters. The summed E-state index contributed by atoms with van der Waals surface area (Å²) in [7, 11) is 0. The van der Waals surface area contributed by atoms with Gasteiger partial charge in [0.25, 0.3) is 0 Å². The second kappa shape index (κ2) is 5.30. The van der Waals surface area contributed by atoms with E-state index in [0.717, 1.165) is 0 Å². The van der Waals surface area contributed by atoms with Crippen LogP contribution in [0.3, 0.4) is 0 Å². The first-order valence-electron chi connectivity index (χ1n) is 5.30. The largest absolute Gasteiger partial charge is 0.480 e. The predicted molar refractivity (Wildman–Crippen MR) is 59.9 cm³/mol. The number of carbonyl (C=O) groups is 2. The van der Waals surface area contributed by atoms with Gasteiger partial charge in [-0.2, -0.15) is 0 Å². The smallest absolute Gasteiger partial charge is 0.323 e. The van der Waals surface area contributed by atoms with Crippen molar-refractivity contribution in [3.8, 4) is 0 Å². The molecule has 0 radical (unpaired) electrons. The Morgan fingerprint density at radius 2 is 1.75 bits per heavy atom. The Morgan fingerprint density at radius 3 is 2.06 bits per heavy atom. The van der Waals surface area contributed by atoms with Crippen molar-refractivity contribution < 1.29 is 19.4 Å². The van der Waals surface area contributed by atoms with E-state index in [1.807, 2.05) is 0 Å². The molecule has 0 aromatic carbocycles. The molecule has 0 fully saturated rings. The molecule has 0 saturated carbocycles. The van der Waals surface area contributed by atoms with E-state index in [-0.39, 0.29) is 6.42 Å². The van der Waals surface area contributed by atoms with E-state index in [4.69, 9.17) is 15.6 Å². The Morgan fingerprint density at radius 1 is 1.25 bits per heavy atom. The maximum Gasteiger partial charge on any atom is 0.323 e. The van der Waals surface area contributed by atoms with Crippen molar-refractivity contribution in [3.05, 3.63) is 0 Å². The summed E-state index contributed by atoms with van der Waals surface area (Å²) in [5.74, 6) is -1.88. The lowest BCUT2D eigenvalue weighted by Gasteiger charge is -2.28. The number of nitrogens with two attached hydrogens (primary N) is 1. The summed E-state index contributed by atoms with van der Waals surface area (Å²) >= 11 is 0. The molecule has 5 nitrogen and oxygen atoms in total. The van der Waals surface area contributed by atoms with Gasteiger partial charge in [-0.1, -0.05) is 0 Å². The van der Waals surface area contributed by atoms with Crippen molar-refractivity contribution in [1.82, 2.24) is 0 Å². The minimum atomic E-state index is -1.51. The van der Waals surface area contributed by atoms with E-state index in [1.54, 1.807) is 20.8 Å². The molecule has 0 aromatic heterocycles. The number of carboxylic acids is 1. The second-order valence-corrected chi connectivity index (χ2v) is 5.03. The predicted octanol–water partition coefficient (Wildman–Crippen LogP) is 1.16. The molecule has 0 bridgehead atoms. The minimum absolute atomic E-state index is 0.188. The third-order valence-corrected chi connectivity index (χ3v) is 2.20. The summed E-state index contributed by atoms with van der Waals surface area (Å²) < 4.78 is 5.10. The van der Waals surface area contributed by atoms with Crippen LogP contribution in [-0.2, 0) is 14.3 Å². The molecule has 3 N–H and O–H groups in total. The van der Waals surface area contributed by atoms with Gasteiger partial charge in [0.15, 0.2) is 5.41 Å². The van der Waals surface area contributed by atoms with Crippen molar-refractivity contribution in [2.75, 3.05) is 6.54 Å². The first-order chi connectivity index (χ1) is 7.13. The highest BCUT2D eigenvalue weighted by molar-refractivity contribution is 5.98. The van der Waals surface area contributed by atoms with Crippen molar-refractivity contribution in [1.29, 1.82) is 0 Å². The highest BCUT2D eigenvalue weighted by Gasteiger charge is 2.43. The SMILES string of the molecule is CC(C)(C)OC(=O)[C@@](C)(CCCN)C(=O)O. The molecule has 0 spiro atoms. The second-order valence-electron chi connectivity index (χ2n) is 5.03. The average molecular weight is 231 g/mol. The molecule has 5 heteroatoms. The van der Waals surface area contributed by atoms with Crippen LogP contribution < -0.4 is 5.73 Å². The molecule has 0 heterocycles. The zero-order valence-corrected chi connectivity index (χ0v) is 10.4.